The summed E-state index contributed by atoms with van der Waals surface area (Å²) in [6, 6.07) is -0.233. The number of carbonyl (C=O) groups excluding carboxylic acids is 2. The third kappa shape index (κ3) is 2.95. The Morgan fingerprint density at radius 3 is 2.44 bits per heavy atom. The largest absolute Gasteiger partial charge is 0.324 e. The van der Waals surface area contributed by atoms with Gasteiger partial charge in [0, 0.05) is 6.54 Å². The van der Waals surface area contributed by atoms with Crippen molar-refractivity contribution in [2.75, 3.05) is 32.7 Å². The number of likely N-dealkylation sites (tertiary alicyclic amines) is 1. The number of amides is 3. The van der Waals surface area contributed by atoms with Crippen LogP contribution in [0.5, 0.6) is 0 Å². The summed E-state index contributed by atoms with van der Waals surface area (Å²) in [5.41, 5.74) is 0. The van der Waals surface area contributed by atoms with E-state index in [4.69, 9.17) is 0 Å². The van der Waals surface area contributed by atoms with Crippen molar-refractivity contribution in [3.8, 4) is 0 Å². The maximum absolute atomic E-state index is 11.2. The van der Waals surface area contributed by atoms with Gasteiger partial charge in [0.15, 0.2) is 0 Å². The highest BCUT2D eigenvalue weighted by atomic mass is 16.2. The van der Waals surface area contributed by atoms with Crippen molar-refractivity contribution in [1.82, 2.24) is 15.1 Å². The Kier molecular flexibility index (Phi) is 3.77. The van der Waals surface area contributed by atoms with E-state index < -0.39 is 0 Å². The van der Waals surface area contributed by atoms with Gasteiger partial charge in [-0.1, -0.05) is 6.42 Å². The standard InChI is InChI=1S/C11H19N3O2/c15-10-9-14(11(16)12-10)8-4-7-13-5-2-1-3-6-13/h1-9H2,(H,12,15,16). The molecule has 16 heavy (non-hydrogen) atoms. The fraction of sp³-hybridized carbons (Fsp3) is 0.818. The lowest BCUT2D eigenvalue weighted by molar-refractivity contribution is -0.118. The predicted octanol–water partition coefficient (Wildman–Crippen LogP) is 0.414. The van der Waals surface area contributed by atoms with Gasteiger partial charge >= 0.3 is 6.03 Å². The highest BCUT2D eigenvalue weighted by Crippen LogP contribution is 2.09. The van der Waals surface area contributed by atoms with E-state index in [1.54, 1.807) is 4.90 Å². The lowest BCUT2D eigenvalue weighted by Gasteiger charge is -2.26. The first-order chi connectivity index (χ1) is 7.75. The van der Waals surface area contributed by atoms with Crippen LogP contribution in [0.4, 0.5) is 4.79 Å². The van der Waals surface area contributed by atoms with Crippen LogP contribution in [0, 0.1) is 0 Å². The minimum atomic E-state index is -0.233. The summed E-state index contributed by atoms with van der Waals surface area (Å²) in [4.78, 5) is 26.2. The molecule has 0 unspecified atom stereocenters. The number of piperidine rings is 1. The molecule has 2 heterocycles. The fourth-order valence-electron chi connectivity index (χ4n) is 2.33. The number of hydrogen-bond donors (Lipinski definition) is 1. The molecule has 2 aliphatic heterocycles. The number of urea groups is 1. The van der Waals surface area contributed by atoms with Crippen molar-refractivity contribution in [3.05, 3.63) is 0 Å². The van der Waals surface area contributed by atoms with Crippen LogP contribution in [0.25, 0.3) is 0 Å². The second-order valence-corrected chi connectivity index (χ2v) is 4.53. The van der Waals surface area contributed by atoms with Gasteiger partial charge in [-0.3, -0.25) is 10.1 Å². The topological polar surface area (TPSA) is 52.7 Å². The zero-order chi connectivity index (χ0) is 11.4. The molecule has 0 bridgehead atoms. The average molecular weight is 225 g/mol. The summed E-state index contributed by atoms with van der Waals surface area (Å²) >= 11 is 0. The van der Waals surface area contributed by atoms with Crippen molar-refractivity contribution >= 4 is 11.9 Å². The lowest BCUT2D eigenvalue weighted by Crippen LogP contribution is -2.34. The van der Waals surface area contributed by atoms with Crippen molar-refractivity contribution in [2.45, 2.75) is 25.7 Å². The zero-order valence-electron chi connectivity index (χ0n) is 9.57. The molecule has 0 aromatic carbocycles. The molecule has 0 spiro atoms. The molecule has 1 N–H and O–H groups in total. The van der Waals surface area contributed by atoms with Crippen LogP contribution in [-0.4, -0.2) is 54.5 Å². The van der Waals surface area contributed by atoms with Crippen LogP contribution >= 0.6 is 0 Å². The van der Waals surface area contributed by atoms with E-state index in [0.717, 1.165) is 13.0 Å². The number of rotatable bonds is 4. The molecule has 0 saturated carbocycles. The van der Waals surface area contributed by atoms with Gasteiger partial charge in [-0.15, -0.1) is 0 Å². The summed E-state index contributed by atoms with van der Waals surface area (Å²) < 4.78 is 0. The zero-order valence-corrected chi connectivity index (χ0v) is 9.57. The van der Waals surface area contributed by atoms with Crippen LogP contribution in [0.3, 0.4) is 0 Å². The van der Waals surface area contributed by atoms with Gasteiger partial charge in [0.25, 0.3) is 0 Å². The Bertz CT molecular complexity index is 274. The molecular formula is C11H19N3O2. The smallest absolute Gasteiger partial charge is 0.315 e. The molecule has 2 saturated heterocycles. The van der Waals surface area contributed by atoms with E-state index >= 15 is 0 Å². The first kappa shape index (κ1) is 11.4. The summed E-state index contributed by atoms with van der Waals surface area (Å²) in [6.07, 6.45) is 4.89. The second kappa shape index (κ2) is 5.30. The molecule has 3 amide bonds. The molecule has 0 radical (unpaired) electrons. The first-order valence-corrected chi connectivity index (χ1v) is 6.07. The number of nitrogens with zero attached hydrogens (tertiary/aromatic N) is 2. The normalized spacial score (nSPS) is 22.6. The quantitative estimate of drug-likeness (QED) is 0.705. The van der Waals surface area contributed by atoms with Crippen LogP contribution in [0.1, 0.15) is 25.7 Å². The third-order valence-electron chi connectivity index (χ3n) is 3.22. The van der Waals surface area contributed by atoms with Crippen LogP contribution in [0.15, 0.2) is 0 Å². The Labute approximate surface area is 95.8 Å². The maximum Gasteiger partial charge on any atom is 0.324 e. The van der Waals surface area contributed by atoms with Gasteiger partial charge in [-0.2, -0.15) is 0 Å². The first-order valence-electron chi connectivity index (χ1n) is 6.07. The van der Waals surface area contributed by atoms with Crippen molar-refractivity contribution in [3.63, 3.8) is 0 Å². The van der Waals surface area contributed by atoms with E-state index in [-0.39, 0.29) is 18.5 Å². The minimum absolute atomic E-state index is 0.178. The van der Waals surface area contributed by atoms with E-state index in [2.05, 4.69) is 10.2 Å². The second-order valence-electron chi connectivity index (χ2n) is 4.53. The highest BCUT2D eigenvalue weighted by molar-refractivity contribution is 6.01. The summed E-state index contributed by atoms with van der Waals surface area (Å²) in [7, 11) is 0. The van der Waals surface area contributed by atoms with E-state index in [1.165, 1.54) is 32.4 Å². The number of carbonyl (C=O) groups is 2. The van der Waals surface area contributed by atoms with Crippen LogP contribution in [0.2, 0.25) is 0 Å². The molecule has 90 valence electrons. The minimum Gasteiger partial charge on any atom is -0.315 e. The van der Waals surface area contributed by atoms with Crippen molar-refractivity contribution < 1.29 is 9.59 Å². The van der Waals surface area contributed by atoms with Crippen LogP contribution in [-0.2, 0) is 4.79 Å². The fourth-order valence-corrected chi connectivity index (χ4v) is 2.33. The monoisotopic (exact) mass is 225 g/mol. The lowest BCUT2D eigenvalue weighted by atomic mass is 10.1. The summed E-state index contributed by atoms with van der Waals surface area (Å²) in [5, 5.41) is 2.29. The number of nitrogens with one attached hydrogen (secondary N) is 1. The molecule has 2 fully saturated rings. The Morgan fingerprint density at radius 2 is 1.81 bits per heavy atom. The molecule has 2 rings (SSSR count). The van der Waals surface area contributed by atoms with Crippen molar-refractivity contribution in [2.24, 2.45) is 0 Å². The van der Waals surface area contributed by atoms with E-state index in [0.29, 0.717) is 6.54 Å². The number of hydrogen-bond acceptors (Lipinski definition) is 3. The maximum atomic E-state index is 11.2. The van der Waals surface area contributed by atoms with E-state index in [1.807, 2.05) is 0 Å². The Balaban J connectivity index is 1.64. The Hall–Kier alpha value is -1.10. The molecule has 0 aliphatic carbocycles. The van der Waals surface area contributed by atoms with Gasteiger partial charge in [-0.05, 0) is 38.9 Å². The number of imide groups is 1. The molecule has 0 aromatic heterocycles. The molecule has 5 heteroatoms. The van der Waals surface area contributed by atoms with Gasteiger partial charge < -0.3 is 9.80 Å². The molecule has 2 aliphatic rings. The van der Waals surface area contributed by atoms with Gasteiger partial charge in [0.1, 0.15) is 6.54 Å². The van der Waals surface area contributed by atoms with Gasteiger partial charge in [-0.25, -0.2) is 4.79 Å². The van der Waals surface area contributed by atoms with Gasteiger partial charge in [0.2, 0.25) is 5.91 Å². The van der Waals surface area contributed by atoms with Gasteiger partial charge in [0.05, 0.1) is 0 Å². The molecular weight excluding hydrogens is 206 g/mol. The molecule has 0 atom stereocenters. The average Bonchev–Trinajstić information content (AvgIpc) is 2.59. The van der Waals surface area contributed by atoms with Crippen molar-refractivity contribution in [1.29, 1.82) is 0 Å². The predicted molar refractivity (Wildman–Crippen MR) is 60.0 cm³/mol. The SMILES string of the molecule is O=C1CN(CCCN2CCCCC2)C(=O)N1. The van der Waals surface area contributed by atoms with Crippen LogP contribution < -0.4 is 5.32 Å². The third-order valence-corrected chi connectivity index (χ3v) is 3.22. The molecule has 0 aromatic rings. The molecule has 5 nitrogen and oxygen atoms in total. The highest BCUT2D eigenvalue weighted by Gasteiger charge is 2.25. The Morgan fingerprint density at radius 1 is 1.06 bits per heavy atom. The summed E-state index contributed by atoms with van der Waals surface area (Å²) in [5.74, 6) is -0.178. The van der Waals surface area contributed by atoms with E-state index in [9.17, 15) is 9.59 Å². The summed E-state index contributed by atoms with van der Waals surface area (Å²) in [6.45, 7) is 4.33.